The first kappa shape index (κ1) is 29.2. The molecule has 2 N–H and O–H groups in total. The van der Waals surface area contributed by atoms with Gasteiger partial charge in [0.05, 0.1) is 23.6 Å². The van der Waals surface area contributed by atoms with Crippen LogP contribution in [-0.2, 0) is 21.9 Å². The molecular formula is C34H41ClN2O5S. The van der Waals surface area contributed by atoms with E-state index < -0.39 is 27.3 Å². The average Bonchev–Trinajstić information content (AvgIpc) is 3.79. The molecular weight excluding hydrogens is 584 g/mol. The monoisotopic (exact) mass is 624 g/mol. The first-order valence-corrected chi connectivity index (χ1v) is 17.8. The molecule has 7 nitrogen and oxygen atoms in total. The minimum absolute atomic E-state index is 0.141. The highest BCUT2D eigenvalue weighted by Gasteiger charge is 2.44. The maximum atomic E-state index is 13.5. The zero-order valence-corrected chi connectivity index (χ0v) is 26.1. The van der Waals surface area contributed by atoms with Crippen LogP contribution in [0.4, 0.5) is 5.69 Å². The van der Waals surface area contributed by atoms with Crippen LogP contribution in [0.3, 0.4) is 0 Å². The van der Waals surface area contributed by atoms with Gasteiger partial charge in [-0.1, -0.05) is 42.7 Å². The summed E-state index contributed by atoms with van der Waals surface area (Å²) >= 11 is 6.40. The van der Waals surface area contributed by atoms with Crippen LogP contribution in [0.25, 0.3) is 0 Å². The molecule has 2 heterocycles. The maximum Gasteiger partial charge on any atom is 0.264 e. The summed E-state index contributed by atoms with van der Waals surface area (Å²) in [6, 6.07) is 11.5. The Kier molecular flexibility index (Phi) is 7.75. The fraction of sp³-hybridized carbons (Fsp3) is 0.559. The number of nitrogens with zero attached hydrogens (tertiary/aromatic N) is 1. The summed E-state index contributed by atoms with van der Waals surface area (Å²) in [5.74, 6) is 0.937. The molecule has 2 aromatic rings. The lowest BCUT2D eigenvalue weighted by molar-refractivity contribution is 0.0456. The van der Waals surface area contributed by atoms with Crippen LogP contribution < -0.4 is 14.4 Å². The number of anilines is 1. The number of hydrogen-bond acceptors (Lipinski definition) is 6. The Morgan fingerprint density at radius 2 is 1.95 bits per heavy atom. The predicted octanol–water partition coefficient (Wildman–Crippen LogP) is 5.78. The Labute approximate surface area is 259 Å². The van der Waals surface area contributed by atoms with Crippen molar-refractivity contribution in [3.63, 3.8) is 0 Å². The molecule has 2 fully saturated rings. The standard InChI is InChI=1S/C34H41ClN2O5S/c35-26-11-13-29-23(17-26)4-3-15-34(29)20-37-19-25-9-12-28(25)31(38)6-2-1-5-27(16-22-7-8-22)43(40,41)36-33(39)24-10-14-32(42-21-34)30(37)18-24/h2,6,10-11,13-14,17-18,22,25,27-28,31,38H,1,3-5,7-9,12,15-16,19-21H2,(H,36,39)/b6-2-/t25-,27+,28+,31-,34-/m0/s1. The Morgan fingerprint density at radius 3 is 2.74 bits per heavy atom. The molecule has 7 rings (SSSR count). The van der Waals surface area contributed by atoms with E-state index in [9.17, 15) is 18.3 Å². The lowest BCUT2D eigenvalue weighted by atomic mass is 9.68. The van der Waals surface area contributed by atoms with E-state index in [4.69, 9.17) is 16.3 Å². The molecule has 230 valence electrons. The summed E-state index contributed by atoms with van der Waals surface area (Å²) in [6.07, 6.45) is 11.8. The van der Waals surface area contributed by atoms with Gasteiger partial charge in [-0.2, -0.15) is 0 Å². The number of aliphatic hydroxyl groups excluding tert-OH is 1. The third-order valence-electron chi connectivity index (χ3n) is 10.6. The number of rotatable bonds is 2. The Morgan fingerprint density at radius 1 is 1.09 bits per heavy atom. The lowest BCUT2D eigenvalue weighted by Crippen LogP contribution is -2.49. The van der Waals surface area contributed by atoms with Crippen molar-refractivity contribution in [2.45, 2.75) is 81.0 Å². The number of nitrogens with one attached hydrogen (secondary N) is 1. The van der Waals surface area contributed by atoms with E-state index in [1.807, 2.05) is 24.3 Å². The van der Waals surface area contributed by atoms with Gasteiger partial charge in [-0.25, -0.2) is 13.1 Å². The number of amides is 1. The van der Waals surface area contributed by atoms with E-state index in [1.54, 1.807) is 12.1 Å². The summed E-state index contributed by atoms with van der Waals surface area (Å²) in [4.78, 5) is 15.8. The van der Waals surface area contributed by atoms with E-state index in [1.165, 1.54) is 11.1 Å². The molecule has 0 aromatic heterocycles. The quantitative estimate of drug-likeness (QED) is 0.412. The second kappa shape index (κ2) is 11.4. The van der Waals surface area contributed by atoms with Crippen LogP contribution in [0.2, 0.25) is 5.02 Å². The topological polar surface area (TPSA) is 95.9 Å². The van der Waals surface area contributed by atoms with E-state index in [0.717, 1.165) is 62.2 Å². The molecule has 2 bridgehead atoms. The van der Waals surface area contributed by atoms with Gasteiger partial charge >= 0.3 is 0 Å². The highest BCUT2D eigenvalue weighted by Crippen LogP contribution is 2.47. The van der Waals surface area contributed by atoms with Crippen LogP contribution in [-0.4, -0.2) is 50.5 Å². The first-order valence-electron chi connectivity index (χ1n) is 15.9. The van der Waals surface area contributed by atoms with Crippen molar-refractivity contribution in [2.24, 2.45) is 17.8 Å². The summed E-state index contributed by atoms with van der Waals surface area (Å²) in [7, 11) is -3.88. The zero-order chi connectivity index (χ0) is 29.8. The number of benzene rings is 2. The van der Waals surface area contributed by atoms with Crippen molar-refractivity contribution in [3.05, 3.63) is 70.3 Å². The lowest BCUT2D eigenvalue weighted by Gasteiger charge is -2.45. The van der Waals surface area contributed by atoms with Crippen LogP contribution in [0.5, 0.6) is 5.75 Å². The third kappa shape index (κ3) is 5.83. The number of fused-ring (bicyclic) bond motifs is 4. The van der Waals surface area contributed by atoms with Gasteiger partial charge in [0.25, 0.3) is 5.91 Å². The van der Waals surface area contributed by atoms with E-state index in [2.05, 4.69) is 21.8 Å². The SMILES string of the molecule is O=C1NS(=O)(=O)[C@@H](CC2CC2)CC/C=C\[C@H](O)[C@@H]2CC[C@H]2CN2C[C@@]3(CCCc4cc(Cl)ccc43)COc3ccc1cc32. The number of hydrogen-bond donors (Lipinski definition) is 2. The molecule has 3 aliphatic carbocycles. The van der Waals surface area contributed by atoms with Gasteiger partial charge in [-0.15, -0.1) is 0 Å². The molecule has 0 radical (unpaired) electrons. The van der Waals surface area contributed by atoms with Crippen LogP contribution in [0.1, 0.15) is 79.3 Å². The molecule has 5 atom stereocenters. The summed E-state index contributed by atoms with van der Waals surface area (Å²) < 4.78 is 35.9. The van der Waals surface area contributed by atoms with Gasteiger partial charge in [-0.05, 0) is 111 Å². The molecule has 43 heavy (non-hydrogen) atoms. The van der Waals surface area contributed by atoms with E-state index >= 15 is 0 Å². The zero-order valence-electron chi connectivity index (χ0n) is 24.5. The predicted molar refractivity (Wildman–Crippen MR) is 168 cm³/mol. The molecule has 5 aliphatic rings. The number of carbonyl (C=O) groups is 1. The Hall–Kier alpha value is -2.55. The van der Waals surface area contributed by atoms with E-state index in [-0.39, 0.29) is 11.3 Å². The number of aryl methyl sites for hydroxylation is 1. The number of allylic oxidation sites excluding steroid dienone is 1. The number of sulfonamides is 1. The van der Waals surface area contributed by atoms with Gasteiger partial charge in [-0.3, -0.25) is 4.79 Å². The smallest absolute Gasteiger partial charge is 0.264 e. The Balaban J connectivity index is 1.27. The molecule has 1 amide bonds. The van der Waals surface area contributed by atoms with Gasteiger partial charge < -0.3 is 14.7 Å². The van der Waals surface area contributed by atoms with Gasteiger partial charge in [0, 0.05) is 29.1 Å². The normalized spacial score (nSPS) is 32.8. The molecule has 0 saturated heterocycles. The minimum atomic E-state index is -3.88. The average molecular weight is 625 g/mol. The van der Waals surface area contributed by atoms with Crippen molar-refractivity contribution >= 4 is 33.2 Å². The van der Waals surface area contributed by atoms with Crippen molar-refractivity contribution in [2.75, 3.05) is 24.6 Å². The maximum absolute atomic E-state index is 13.5. The Bertz CT molecular complexity index is 1540. The molecule has 2 saturated carbocycles. The summed E-state index contributed by atoms with van der Waals surface area (Å²) in [5.41, 5.74) is 3.39. The fourth-order valence-corrected chi connectivity index (χ4v) is 9.58. The number of carbonyl (C=O) groups excluding carboxylic acids is 1. The number of ether oxygens (including phenoxy) is 1. The van der Waals surface area contributed by atoms with Crippen LogP contribution >= 0.6 is 11.6 Å². The minimum Gasteiger partial charge on any atom is -0.490 e. The molecule has 0 unspecified atom stereocenters. The van der Waals surface area contributed by atoms with Crippen molar-refractivity contribution in [1.29, 1.82) is 0 Å². The van der Waals surface area contributed by atoms with E-state index in [0.29, 0.717) is 55.6 Å². The highest BCUT2D eigenvalue weighted by molar-refractivity contribution is 7.90. The first-order chi connectivity index (χ1) is 20.7. The summed E-state index contributed by atoms with van der Waals surface area (Å²) in [5, 5.41) is 11.3. The molecule has 2 aromatic carbocycles. The molecule has 9 heteroatoms. The van der Waals surface area contributed by atoms with Gasteiger partial charge in [0.2, 0.25) is 10.0 Å². The fourth-order valence-electron chi connectivity index (χ4n) is 7.87. The van der Waals surface area contributed by atoms with Crippen molar-refractivity contribution in [3.8, 4) is 5.75 Å². The number of halogens is 1. The van der Waals surface area contributed by atoms with Crippen LogP contribution in [0.15, 0.2) is 48.6 Å². The van der Waals surface area contributed by atoms with Crippen LogP contribution in [0, 0.1) is 17.8 Å². The largest absolute Gasteiger partial charge is 0.490 e. The van der Waals surface area contributed by atoms with Gasteiger partial charge in [0.1, 0.15) is 5.75 Å². The number of aliphatic hydroxyl groups is 1. The third-order valence-corrected chi connectivity index (χ3v) is 12.6. The molecule has 1 spiro atoms. The van der Waals surface area contributed by atoms with Crippen molar-refractivity contribution < 1.29 is 23.1 Å². The second-order valence-electron chi connectivity index (χ2n) is 13.6. The summed E-state index contributed by atoms with van der Waals surface area (Å²) in [6.45, 7) is 1.94. The second-order valence-corrected chi connectivity index (χ2v) is 16.0. The van der Waals surface area contributed by atoms with Crippen molar-refractivity contribution in [1.82, 2.24) is 4.72 Å². The van der Waals surface area contributed by atoms with Gasteiger partial charge in [0.15, 0.2) is 0 Å². The molecule has 2 aliphatic heterocycles. The highest BCUT2D eigenvalue weighted by atomic mass is 35.5.